The van der Waals surface area contributed by atoms with E-state index in [1.807, 2.05) is 0 Å². The van der Waals surface area contributed by atoms with Crippen molar-refractivity contribution < 1.29 is 23.3 Å². The van der Waals surface area contributed by atoms with E-state index in [0.717, 1.165) is 0 Å². The van der Waals surface area contributed by atoms with Crippen molar-refractivity contribution in [2.45, 2.75) is 13.2 Å². The molecule has 0 radical (unpaired) electrons. The number of nitrogens with zero attached hydrogens (tertiary/aromatic N) is 4. The molecule has 11 heteroatoms. The minimum atomic E-state index is -0.546. The molecule has 32 heavy (non-hydrogen) atoms. The number of nitro benzene ring substituents is 1. The first kappa shape index (κ1) is 20.7. The summed E-state index contributed by atoms with van der Waals surface area (Å²) in [5, 5.41) is 17.3. The van der Waals surface area contributed by atoms with Gasteiger partial charge in [0.05, 0.1) is 11.5 Å². The van der Waals surface area contributed by atoms with Crippen LogP contribution in [-0.4, -0.2) is 25.6 Å². The molecule has 4 rings (SSSR count). The van der Waals surface area contributed by atoms with Crippen LogP contribution in [0.25, 0.3) is 0 Å². The summed E-state index contributed by atoms with van der Waals surface area (Å²) in [7, 11) is 0. The van der Waals surface area contributed by atoms with Crippen LogP contribution >= 0.6 is 0 Å². The fraction of sp³-hybridized carbons (Fsp3) is 0.0952. The molecule has 10 nitrogen and oxygen atoms in total. The highest BCUT2D eigenvalue weighted by molar-refractivity contribution is 6.01. The van der Waals surface area contributed by atoms with E-state index in [-0.39, 0.29) is 29.8 Å². The zero-order valence-corrected chi connectivity index (χ0v) is 16.5. The van der Waals surface area contributed by atoms with Gasteiger partial charge in [-0.05, 0) is 42.0 Å². The molecule has 1 amide bonds. The van der Waals surface area contributed by atoms with Gasteiger partial charge in [-0.3, -0.25) is 20.2 Å². The minimum Gasteiger partial charge on any atom is -0.486 e. The molecule has 0 bridgehead atoms. The van der Waals surface area contributed by atoms with Crippen LogP contribution in [0.2, 0.25) is 0 Å². The average Bonchev–Trinajstić information content (AvgIpc) is 3.42. The predicted octanol–water partition coefficient (Wildman–Crippen LogP) is 3.80. The highest BCUT2D eigenvalue weighted by Crippen LogP contribution is 2.19. The molecular weight excluding hydrogens is 421 g/mol. The summed E-state index contributed by atoms with van der Waals surface area (Å²) in [6.45, 7) is 0.330. The number of hydrogen-bond acceptors (Lipinski definition) is 7. The molecule has 162 valence electrons. The zero-order chi connectivity index (χ0) is 22.5. The molecule has 0 saturated carbocycles. The first-order valence-corrected chi connectivity index (χ1v) is 9.37. The van der Waals surface area contributed by atoms with Crippen LogP contribution in [0, 0.1) is 15.9 Å². The molecule has 0 saturated heterocycles. The van der Waals surface area contributed by atoms with E-state index in [1.165, 1.54) is 53.5 Å². The van der Waals surface area contributed by atoms with Gasteiger partial charge in [0.1, 0.15) is 30.3 Å². The molecule has 0 fully saturated rings. The lowest BCUT2D eigenvalue weighted by molar-refractivity contribution is -0.384. The number of hydrogen-bond donors (Lipinski definition) is 1. The predicted molar refractivity (Wildman–Crippen MR) is 110 cm³/mol. The van der Waals surface area contributed by atoms with Gasteiger partial charge in [-0.15, -0.1) is 5.10 Å². The van der Waals surface area contributed by atoms with Gasteiger partial charge in [0.15, 0.2) is 5.76 Å². The fourth-order valence-corrected chi connectivity index (χ4v) is 2.81. The second-order valence-corrected chi connectivity index (χ2v) is 6.66. The molecule has 1 N–H and O–H groups in total. The van der Waals surface area contributed by atoms with Gasteiger partial charge in [-0.1, -0.05) is 12.1 Å². The molecule has 4 aromatic rings. The van der Waals surface area contributed by atoms with Crippen LogP contribution < -0.4 is 10.1 Å². The van der Waals surface area contributed by atoms with E-state index >= 15 is 0 Å². The van der Waals surface area contributed by atoms with Crippen LogP contribution in [-0.2, 0) is 13.2 Å². The van der Waals surface area contributed by atoms with Crippen molar-refractivity contribution in [2.24, 2.45) is 0 Å². The maximum absolute atomic E-state index is 13.3. The molecule has 2 aromatic heterocycles. The van der Waals surface area contributed by atoms with Crippen LogP contribution in [0.3, 0.4) is 0 Å². The van der Waals surface area contributed by atoms with E-state index < -0.39 is 10.8 Å². The van der Waals surface area contributed by atoms with E-state index in [2.05, 4.69) is 15.4 Å². The number of carbonyl (C=O) groups is 1. The summed E-state index contributed by atoms with van der Waals surface area (Å²) in [5.74, 6) is 0.0295. The number of carbonyl (C=O) groups excluding carboxylic acids is 1. The molecular formula is C21H16FN5O5. The van der Waals surface area contributed by atoms with Crippen molar-refractivity contribution in [3.8, 4) is 5.75 Å². The Morgan fingerprint density at radius 3 is 2.75 bits per heavy atom. The highest BCUT2D eigenvalue weighted by Gasteiger charge is 2.14. The number of halogens is 1. The smallest absolute Gasteiger partial charge is 0.293 e. The third-order valence-corrected chi connectivity index (χ3v) is 4.31. The van der Waals surface area contributed by atoms with Crippen molar-refractivity contribution in [1.82, 2.24) is 14.8 Å². The molecule has 0 unspecified atom stereocenters. The second kappa shape index (κ2) is 9.08. The second-order valence-electron chi connectivity index (χ2n) is 6.66. The quantitative estimate of drug-likeness (QED) is 0.328. The van der Waals surface area contributed by atoms with Crippen LogP contribution in [0.5, 0.6) is 5.75 Å². The standard InChI is InChI=1S/C21H16FN5O5/c22-15-3-1-2-14(10-15)11-26-13-23-21(25-26)24-20(28)19-9-8-18(32-19)12-31-17-6-4-16(5-7-17)27(29)30/h1-10,13H,11-12H2,(H,24,25,28). The first-order chi connectivity index (χ1) is 15.5. The molecule has 0 aliphatic carbocycles. The van der Waals surface area contributed by atoms with Gasteiger partial charge in [-0.2, -0.15) is 0 Å². The van der Waals surface area contributed by atoms with Gasteiger partial charge >= 0.3 is 0 Å². The zero-order valence-electron chi connectivity index (χ0n) is 16.5. The Hall–Kier alpha value is -4.54. The number of benzene rings is 2. The van der Waals surface area contributed by atoms with Crippen molar-refractivity contribution >= 4 is 17.5 Å². The van der Waals surface area contributed by atoms with Gasteiger partial charge in [0.2, 0.25) is 5.95 Å². The number of furan rings is 1. The molecule has 0 aliphatic heterocycles. The number of non-ortho nitro benzene ring substituents is 1. The number of ether oxygens (including phenoxy) is 1. The fourth-order valence-electron chi connectivity index (χ4n) is 2.81. The summed E-state index contributed by atoms with van der Waals surface area (Å²) in [6, 6.07) is 14.8. The number of rotatable bonds is 8. The Bertz CT molecular complexity index is 1250. The Morgan fingerprint density at radius 2 is 2.00 bits per heavy atom. The third-order valence-electron chi connectivity index (χ3n) is 4.31. The molecule has 2 heterocycles. The minimum absolute atomic E-state index is 0.0333. The van der Waals surface area contributed by atoms with E-state index in [4.69, 9.17) is 9.15 Å². The van der Waals surface area contributed by atoms with Gasteiger partial charge in [0, 0.05) is 12.1 Å². The number of anilines is 1. The summed E-state index contributed by atoms with van der Waals surface area (Å²) < 4.78 is 25.7. The molecule has 0 atom stereocenters. The van der Waals surface area contributed by atoms with Crippen molar-refractivity contribution in [3.63, 3.8) is 0 Å². The number of nitro groups is 1. The van der Waals surface area contributed by atoms with Crippen LogP contribution in [0.1, 0.15) is 21.9 Å². The van der Waals surface area contributed by atoms with E-state index in [0.29, 0.717) is 23.6 Å². The van der Waals surface area contributed by atoms with Crippen molar-refractivity contribution in [3.05, 3.63) is 100 Å². The third kappa shape index (κ3) is 5.14. The van der Waals surface area contributed by atoms with E-state index in [1.54, 1.807) is 18.2 Å². The van der Waals surface area contributed by atoms with Gasteiger partial charge < -0.3 is 9.15 Å². The van der Waals surface area contributed by atoms with Crippen LogP contribution in [0.15, 0.2) is 71.4 Å². The summed E-state index contributed by atoms with van der Waals surface area (Å²) in [4.78, 5) is 26.6. The lowest BCUT2D eigenvalue weighted by atomic mass is 10.2. The lowest BCUT2D eigenvalue weighted by Gasteiger charge is -2.03. The first-order valence-electron chi connectivity index (χ1n) is 9.37. The van der Waals surface area contributed by atoms with Gasteiger partial charge in [-0.25, -0.2) is 14.1 Å². The van der Waals surface area contributed by atoms with Gasteiger partial charge in [0.25, 0.3) is 11.6 Å². The van der Waals surface area contributed by atoms with Crippen LogP contribution in [0.4, 0.5) is 16.0 Å². The monoisotopic (exact) mass is 437 g/mol. The average molecular weight is 437 g/mol. The molecule has 0 spiro atoms. The summed E-state index contributed by atoms with van der Waals surface area (Å²) >= 11 is 0. The Balaban J connectivity index is 1.32. The van der Waals surface area contributed by atoms with Crippen molar-refractivity contribution in [2.75, 3.05) is 5.32 Å². The lowest BCUT2D eigenvalue weighted by Crippen LogP contribution is -2.12. The maximum atomic E-state index is 13.3. The largest absolute Gasteiger partial charge is 0.486 e. The highest BCUT2D eigenvalue weighted by atomic mass is 19.1. The normalized spacial score (nSPS) is 10.7. The van der Waals surface area contributed by atoms with Crippen molar-refractivity contribution in [1.29, 1.82) is 0 Å². The SMILES string of the molecule is O=C(Nc1ncn(Cc2cccc(F)c2)n1)c1ccc(COc2ccc([N+](=O)[O-])cc2)o1. The maximum Gasteiger partial charge on any atom is 0.293 e. The summed E-state index contributed by atoms with van der Waals surface area (Å²) in [6.07, 6.45) is 1.42. The summed E-state index contributed by atoms with van der Waals surface area (Å²) in [5.41, 5.74) is 0.665. The number of nitrogens with one attached hydrogen (secondary N) is 1. The Kier molecular flexibility index (Phi) is 5.88. The molecule has 2 aromatic carbocycles. The number of aromatic nitrogens is 3. The van der Waals surface area contributed by atoms with E-state index in [9.17, 15) is 19.3 Å². The molecule has 0 aliphatic rings. The Morgan fingerprint density at radius 1 is 1.19 bits per heavy atom. The Labute approximate surface area is 180 Å². The number of amides is 1. The topological polar surface area (TPSA) is 125 Å².